The van der Waals surface area contributed by atoms with E-state index >= 15 is 0 Å². The number of rotatable bonds is 2. The van der Waals surface area contributed by atoms with Gasteiger partial charge in [-0.1, -0.05) is 5.16 Å². The molecule has 2 N–H and O–H groups in total. The lowest BCUT2D eigenvalue weighted by Gasteiger charge is -1.97. The number of aromatic nitrogens is 3. The Morgan fingerprint density at radius 2 is 2.27 bits per heavy atom. The summed E-state index contributed by atoms with van der Waals surface area (Å²) in [5.41, 5.74) is 7.56. The number of hydrogen-bond acceptors (Lipinski definition) is 5. The van der Waals surface area contributed by atoms with Gasteiger partial charge in [0.05, 0.1) is 6.04 Å². The van der Waals surface area contributed by atoms with Crippen molar-refractivity contribution >= 4 is 0 Å². The average Bonchev–Trinajstić information content (AvgIpc) is 2.67. The standard InChI is InChI=1S/C10H12N4O/c1-6-5-12-4-3-8(6)9-13-10(7(2)11)15-14-9/h3-5,7H,11H2,1-2H3. The van der Waals surface area contributed by atoms with E-state index in [0.29, 0.717) is 11.7 Å². The maximum Gasteiger partial charge on any atom is 0.243 e. The molecule has 2 aromatic rings. The second-order valence-electron chi connectivity index (χ2n) is 3.44. The molecular weight excluding hydrogens is 192 g/mol. The van der Waals surface area contributed by atoms with Crippen molar-refractivity contribution in [3.8, 4) is 11.4 Å². The smallest absolute Gasteiger partial charge is 0.243 e. The second kappa shape index (κ2) is 3.78. The van der Waals surface area contributed by atoms with Gasteiger partial charge in [-0.15, -0.1) is 0 Å². The van der Waals surface area contributed by atoms with Crippen LogP contribution in [0.3, 0.4) is 0 Å². The van der Waals surface area contributed by atoms with E-state index in [-0.39, 0.29) is 6.04 Å². The maximum absolute atomic E-state index is 5.63. The zero-order chi connectivity index (χ0) is 10.8. The summed E-state index contributed by atoms with van der Waals surface area (Å²) >= 11 is 0. The first-order chi connectivity index (χ1) is 7.18. The minimum absolute atomic E-state index is 0.242. The van der Waals surface area contributed by atoms with E-state index in [0.717, 1.165) is 11.1 Å². The SMILES string of the molecule is Cc1cnccc1-c1noc(C(C)N)n1. The van der Waals surface area contributed by atoms with Crippen LogP contribution in [0.15, 0.2) is 23.0 Å². The summed E-state index contributed by atoms with van der Waals surface area (Å²) in [5.74, 6) is 1.00. The number of nitrogens with zero attached hydrogens (tertiary/aromatic N) is 3. The summed E-state index contributed by atoms with van der Waals surface area (Å²) in [7, 11) is 0. The third-order valence-corrected chi connectivity index (χ3v) is 2.09. The summed E-state index contributed by atoms with van der Waals surface area (Å²) in [5, 5.41) is 3.87. The van der Waals surface area contributed by atoms with Crippen LogP contribution in [0.4, 0.5) is 0 Å². The van der Waals surface area contributed by atoms with E-state index in [2.05, 4.69) is 15.1 Å². The van der Waals surface area contributed by atoms with Gasteiger partial charge in [0, 0.05) is 18.0 Å². The predicted octanol–water partition coefficient (Wildman–Crippen LogP) is 1.46. The highest BCUT2D eigenvalue weighted by Crippen LogP contribution is 2.20. The molecule has 1 unspecified atom stereocenters. The molecule has 0 spiro atoms. The Labute approximate surface area is 87.3 Å². The van der Waals surface area contributed by atoms with Crippen LogP contribution in [0, 0.1) is 6.92 Å². The molecule has 1 atom stereocenters. The van der Waals surface area contributed by atoms with E-state index < -0.39 is 0 Å². The molecule has 0 aliphatic rings. The first kappa shape index (κ1) is 9.79. The topological polar surface area (TPSA) is 77.8 Å². The van der Waals surface area contributed by atoms with E-state index in [4.69, 9.17) is 10.3 Å². The van der Waals surface area contributed by atoms with Crippen LogP contribution in [0.2, 0.25) is 0 Å². The maximum atomic E-state index is 5.63. The van der Waals surface area contributed by atoms with Crippen molar-refractivity contribution in [3.63, 3.8) is 0 Å². The van der Waals surface area contributed by atoms with Gasteiger partial charge in [0.15, 0.2) is 0 Å². The van der Waals surface area contributed by atoms with Crippen molar-refractivity contribution in [1.29, 1.82) is 0 Å². The largest absolute Gasteiger partial charge is 0.337 e. The van der Waals surface area contributed by atoms with Gasteiger partial charge in [-0.3, -0.25) is 4.98 Å². The van der Waals surface area contributed by atoms with Crippen molar-refractivity contribution in [2.24, 2.45) is 5.73 Å². The lowest BCUT2D eigenvalue weighted by atomic mass is 10.1. The van der Waals surface area contributed by atoms with Crippen molar-refractivity contribution in [3.05, 3.63) is 29.9 Å². The average molecular weight is 204 g/mol. The summed E-state index contributed by atoms with van der Waals surface area (Å²) in [6, 6.07) is 1.61. The number of pyridine rings is 1. The van der Waals surface area contributed by atoms with Gasteiger partial charge < -0.3 is 10.3 Å². The lowest BCUT2D eigenvalue weighted by molar-refractivity contribution is 0.362. The molecule has 0 aromatic carbocycles. The molecule has 0 aliphatic carbocycles. The van der Waals surface area contributed by atoms with Gasteiger partial charge in [0.25, 0.3) is 0 Å². The molecule has 0 bridgehead atoms. The minimum Gasteiger partial charge on any atom is -0.337 e. The van der Waals surface area contributed by atoms with Gasteiger partial charge in [-0.25, -0.2) is 0 Å². The van der Waals surface area contributed by atoms with Crippen LogP contribution in [0.25, 0.3) is 11.4 Å². The summed E-state index contributed by atoms with van der Waals surface area (Å²) in [6.07, 6.45) is 3.46. The molecule has 0 saturated carbocycles. The Morgan fingerprint density at radius 3 is 2.87 bits per heavy atom. The number of aryl methyl sites for hydroxylation is 1. The fourth-order valence-corrected chi connectivity index (χ4v) is 1.25. The fraction of sp³-hybridized carbons (Fsp3) is 0.300. The van der Waals surface area contributed by atoms with Crippen LogP contribution >= 0.6 is 0 Å². The first-order valence-electron chi connectivity index (χ1n) is 4.68. The van der Waals surface area contributed by atoms with Crippen LogP contribution in [-0.2, 0) is 0 Å². The molecule has 0 amide bonds. The Kier molecular flexibility index (Phi) is 2.47. The van der Waals surface area contributed by atoms with Gasteiger partial charge in [-0.05, 0) is 25.5 Å². The molecule has 5 nitrogen and oxygen atoms in total. The highest BCUT2D eigenvalue weighted by atomic mass is 16.5. The summed E-state index contributed by atoms with van der Waals surface area (Å²) in [4.78, 5) is 8.21. The Hall–Kier alpha value is -1.75. The number of nitrogens with two attached hydrogens (primary N) is 1. The number of hydrogen-bond donors (Lipinski definition) is 1. The van der Waals surface area contributed by atoms with Crippen LogP contribution in [0.1, 0.15) is 24.4 Å². The van der Waals surface area contributed by atoms with Gasteiger partial charge in [0.1, 0.15) is 0 Å². The molecule has 15 heavy (non-hydrogen) atoms. The predicted molar refractivity (Wildman–Crippen MR) is 54.9 cm³/mol. The normalized spacial score (nSPS) is 12.7. The Morgan fingerprint density at radius 1 is 1.47 bits per heavy atom. The molecule has 2 heterocycles. The third kappa shape index (κ3) is 1.87. The van der Waals surface area contributed by atoms with Crippen molar-refractivity contribution in [2.75, 3.05) is 0 Å². The monoisotopic (exact) mass is 204 g/mol. The highest BCUT2D eigenvalue weighted by molar-refractivity contribution is 5.57. The summed E-state index contributed by atoms with van der Waals surface area (Å²) in [6.45, 7) is 3.75. The van der Waals surface area contributed by atoms with E-state index in [1.165, 1.54) is 0 Å². The lowest BCUT2D eigenvalue weighted by Crippen LogP contribution is -2.04. The highest BCUT2D eigenvalue weighted by Gasteiger charge is 2.12. The molecule has 0 aliphatic heterocycles. The molecule has 5 heteroatoms. The quantitative estimate of drug-likeness (QED) is 0.801. The fourth-order valence-electron chi connectivity index (χ4n) is 1.25. The van der Waals surface area contributed by atoms with E-state index in [9.17, 15) is 0 Å². The van der Waals surface area contributed by atoms with Gasteiger partial charge >= 0.3 is 0 Å². The molecule has 0 radical (unpaired) electrons. The molecule has 2 rings (SSSR count). The van der Waals surface area contributed by atoms with Gasteiger partial charge in [-0.2, -0.15) is 4.98 Å². The summed E-state index contributed by atoms with van der Waals surface area (Å²) < 4.78 is 5.03. The van der Waals surface area contributed by atoms with Crippen LogP contribution in [-0.4, -0.2) is 15.1 Å². The molecule has 0 saturated heterocycles. The zero-order valence-corrected chi connectivity index (χ0v) is 8.64. The molecule has 78 valence electrons. The minimum atomic E-state index is -0.242. The molecule has 0 fully saturated rings. The third-order valence-electron chi connectivity index (χ3n) is 2.09. The second-order valence-corrected chi connectivity index (χ2v) is 3.44. The Bertz CT molecular complexity index is 464. The molecule has 2 aromatic heterocycles. The van der Waals surface area contributed by atoms with E-state index in [1.54, 1.807) is 19.3 Å². The van der Waals surface area contributed by atoms with E-state index in [1.807, 2.05) is 13.0 Å². The van der Waals surface area contributed by atoms with Gasteiger partial charge in [0.2, 0.25) is 11.7 Å². The molecular formula is C10H12N4O. The van der Waals surface area contributed by atoms with Crippen molar-refractivity contribution in [2.45, 2.75) is 19.9 Å². The van der Waals surface area contributed by atoms with Crippen molar-refractivity contribution < 1.29 is 4.52 Å². The first-order valence-corrected chi connectivity index (χ1v) is 4.68. The Balaban J connectivity index is 2.42. The van der Waals surface area contributed by atoms with Crippen LogP contribution < -0.4 is 5.73 Å². The zero-order valence-electron chi connectivity index (χ0n) is 8.64. The van der Waals surface area contributed by atoms with Crippen LogP contribution in [0.5, 0.6) is 0 Å². The van der Waals surface area contributed by atoms with Crippen molar-refractivity contribution in [1.82, 2.24) is 15.1 Å².